The third-order valence-electron chi connectivity index (χ3n) is 5.50. The average molecular weight is 422 g/mol. The van der Waals surface area contributed by atoms with Crippen LogP contribution in [0.4, 0.5) is 0 Å². The molecule has 1 aliphatic rings. The standard InChI is InChI=1S/C21H24ClNO4S/c1-15(17-4-2-3-5-17)23(14-16-6-8-18(9-7-16)21(24)25)28(26,27)20-12-10-19(22)11-13-20/h6-13,15,17H,2-5,14H2,1H3,(H,24,25)/t15-/m1/s1. The molecule has 0 spiro atoms. The van der Waals surface area contributed by atoms with Crippen molar-refractivity contribution >= 4 is 27.6 Å². The van der Waals surface area contributed by atoms with Crippen molar-refractivity contribution in [1.82, 2.24) is 4.31 Å². The van der Waals surface area contributed by atoms with Crippen LogP contribution in [0.5, 0.6) is 0 Å². The maximum Gasteiger partial charge on any atom is 0.335 e. The van der Waals surface area contributed by atoms with Gasteiger partial charge in [0.2, 0.25) is 10.0 Å². The summed E-state index contributed by atoms with van der Waals surface area (Å²) in [5.41, 5.74) is 0.937. The van der Waals surface area contributed by atoms with Crippen LogP contribution < -0.4 is 0 Å². The Bertz CT molecular complexity index is 920. The average Bonchev–Trinajstić information content (AvgIpc) is 3.21. The van der Waals surface area contributed by atoms with E-state index in [4.69, 9.17) is 16.7 Å². The number of sulfonamides is 1. The Kier molecular flexibility index (Phi) is 6.43. The molecule has 28 heavy (non-hydrogen) atoms. The molecule has 0 amide bonds. The van der Waals surface area contributed by atoms with E-state index < -0.39 is 16.0 Å². The fourth-order valence-electron chi connectivity index (χ4n) is 3.80. The monoisotopic (exact) mass is 421 g/mol. The summed E-state index contributed by atoms with van der Waals surface area (Å²) in [7, 11) is -3.72. The van der Waals surface area contributed by atoms with Gasteiger partial charge in [-0.1, -0.05) is 36.6 Å². The molecule has 0 heterocycles. The van der Waals surface area contributed by atoms with Crippen LogP contribution in [0.1, 0.15) is 48.5 Å². The van der Waals surface area contributed by atoms with Gasteiger partial charge in [0.15, 0.2) is 0 Å². The minimum atomic E-state index is -3.72. The number of carbonyl (C=O) groups is 1. The maximum atomic E-state index is 13.4. The smallest absolute Gasteiger partial charge is 0.335 e. The van der Waals surface area contributed by atoms with Gasteiger partial charge >= 0.3 is 5.97 Å². The highest BCUT2D eigenvalue weighted by Crippen LogP contribution is 2.33. The fourth-order valence-corrected chi connectivity index (χ4v) is 5.60. The third kappa shape index (κ3) is 4.57. The van der Waals surface area contributed by atoms with Crippen LogP contribution in [0.25, 0.3) is 0 Å². The van der Waals surface area contributed by atoms with Crippen molar-refractivity contribution in [3.05, 3.63) is 64.7 Å². The molecule has 0 unspecified atom stereocenters. The number of halogens is 1. The second-order valence-corrected chi connectivity index (χ2v) is 9.62. The van der Waals surface area contributed by atoms with E-state index in [1.165, 1.54) is 24.3 Å². The first-order valence-corrected chi connectivity index (χ1v) is 11.2. The molecule has 5 nitrogen and oxygen atoms in total. The summed E-state index contributed by atoms with van der Waals surface area (Å²) in [6.45, 7) is 2.16. The Hall–Kier alpha value is -1.89. The molecule has 0 radical (unpaired) electrons. The van der Waals surface area contributed by atoms with Gasteiger partial charge in [0.1, 0.15) is 0 Å². The number of carboxylic acids is 1. The normalized spacial score (nSPS) is 16.4. The van der Waals surface area contributed by atoms with Crippen molar-refractivity contribution in [2.45, 2.75) is 50.1 Å². The molecule has 1 N–H and O–H groups in total. The minimum absolute atomic E-state index is 0.151. The summed E-state index contributed by atoms with van der Waals surface area (Å²) < 4.78 is 28.4. The van der Waals surface area contributed by atoms with Crippen molar-refractivity contribution in [2.75, 3.05) is 0 Å². The number of aromatic carboxylic acids is 1. The van der Waals surface area contributed by atoms with Gasteiger partial charge in [-0.05, 0) is 67.6 Å². The topological polar surface area (TPSA) is 74.7 Å². The second-order valence-electron chi connectivity index (χ2n) is 7.29. The Morgan fingerprint density at radius 3 is 2.21 bits per heavy atom. The molecular weight excluding hydrogens is 398 g/mol. The molecule has 0 saturated heterocycles. The molecule has 0 aromatic heterocycles. The van der Waals surface area contributed by atoms with Crippen LogP contribution in [-0.2, 0) is 16.6 Å². The first kappa shape index (κ1) is 20.8. The highest BCUT2D eigenvalue weighted by molar-refractivity contribution is 7.89. The van der Waals surface area contributed by atoms with Crippen LogP contribution in [0.3, 0.4) is 0 Å². The lowest BCUT2D eigenvalue weighted by molar-refractivity contribution is 0.0697. The van der Waals surface area contributed by atoms with E-state index in [0.717, 1.165) is 31.2 Å². The molecule has 150 valence electrons. The summed E-state index contributed by atoms with van der Waals surface area (Å²) in [5.74, 6) is -0.683. The fraction of sp³-hybridized carbons (Fsp3) is 0.381. The molecule has 0 aliphatic heterocycles. The molecule has 3 rings (SSSR count). The molecule has 1 fully saturated rings. The SMILES string of the molecule is C[C@H](C1CCCC1)N(Cc1ccc(C(=O)O)cc1)S(=O)(=O)c1ccc(Cl)cc1. The molecule has 1 atom stereocenters. The van der Waals surface area contributed by atoms with Crippen LogP contribution in [-0.4, -0.2) is 29.8 Å². The third-order valence-corrected chi connectivity index (χ3v) is 7.69. The van der Waals surface area contributed by atoms with E-state index >= 15 is 0 Å². The number of benzene rings is 2. The predicted molar refractivity (Wildman–Crippen MR) is 109 cm³/mol. The molecule has 1 aliphatic carbocycles. The maximum absolute atomic E-state index is 13.4. The molecular formula is C21H24ClNO4S. The molecule has 2 aromatic rings. The Labute approximate surface area is 171 Å². The lowest BCUT2D eigenvalue weighted by Crippen LogP contribution is -2.41. The largest absolute Gasteiger partial charge is 0.478 e. The molecule has 7 heteroatoms. The number of rotatable bonds is 7. The zero-order valence-electron chi connectivity index (χ0n) is 15.7. The van der Waals surface area contributed by atoms with Crippen molar-refractivity contribution in [3.8, 4) is 0 Å². The summed E-state index contributed by atoms with van der Waals surface area (Å²) in [4.78, 5) is 11.3. The zero-order valence-corrected chi connectivity index (χ0v) is 17.3. The van der Waals surface area contributed by atoms with E-state index in [1.54, 1.807) is 28.6 Å². The number of carboxylic acid groups (broad SMARTS) is 1. The molecule has 1 saturated carbocycles. The lowest BCUT2D eigenvalue weighted by atomic mass is 9.99. The quantitative estimate of drug-likeness (QED) is 0.696. The van der Waals surface area contributed by atoms with Gasteiger partial charge < -0.3 is 5.11 Å². The first-order chi connectivity index (χ1) is 13.3. The van der Waals surface area contributed by atoms with Crippen molar-refractivity contribution < 1.29 is 18.3 Å². The van der Waals surface area contributed by atoms with Crippen molar-refractivity contribution in [3.63, 3.8) is 0 Å². The summed E-state index contributed by atoms with van der Waals surface area (Å²) >= 11 is 5.92. The predicted octanol–water partition coefficient (Wildman–Crippen LogP) is 4.81. The van der Waals surface area contributed by atoms with E-state index in [1.807, 2.05) is 6.92 Å². The number of hydrogen-bond acceptors (Lipinski definition) is 3. The number of nitrogens with zero attached hydrogens (tertiary/aromatic N) is 1. The van der Waals surface area contributed by atoms with E-state index in [0.29, 0.717) is 10.9 Å². The Morgan fingerprint density at radius 2 is 1.68 bits per heavy atom. The highest BCUT2D eigenvalue weighted by atomic mass is 35.5. The number of hydrogen-bond donors (Lipinski definition) is 1. The van der Waals surface area contributed by atoms with E-state index in [2.05, 4.69) is 0 Å². The van der Waals surface area contributed by atoms with Gasteiger partial charge in [0.25, 0.3) is 0 Å². The Balaban J connectivity index is 1.94. The van der Waals surface area contributed by atoms with Crippen LogP contribution in [0.15, 0.2) is 53.4 Å². The molecule has 2 aromatic carbocycles. The second kappa shape index (κ2) is 8.64. The van der Waals surface area contributed by atoms with Gasteiger partial charge in [0, 0.05) is 17.6 Å². The highest BCUT2D eigenvalue weighted by Gasteiger charge is 2.34. The van der Waals surface area contributed by atoms with Crippen molar-refractivity contribution in [2.24, 2.45) is 5.92 Å². The van der Waals surface area contributed by atoms with Gasteiger partial charge in [-0.15, -0.1) is 0 Å². The Morgan fingerprint density at radius 1 is 1.11 bits per heavy atom. The summed E-state index contributed by atoms with van der Waals surface area (Å²) in [6, 6.07) is 12.4. The van der Waals surface area contributed by atoms with E-state index in [9.17, 15) is 13.2 Å². The summed E-state index contributed by atoms with van der Waals surface area (Å²) in [5, 5.41) is 9.56. The zero-order chi connectivity index (χ0) is 20.3. The van der Waals surface area contributed by atoms with E-state index in [-0.39, 0.29) is 23.0 Å². The summed E-state index contributed by atoms with van der Waals surface area (Å²) in [6.07, 6.45) is 4.28. The minimum Gasteiger partial charge on any atom is -0.478 e. The van der Waals surface area contributed by atoms with Gasteiger partial charge in [-0.2, -0.15) is 4.31 Å². The van der Waals surface area contributed by atoms with Gasteiger partial charge in [-0.3, -0.25) is 0 Å². The van der Waals surface area contributed by atoms with Crippen molar-refractivity contribution in [1.29, 1.82) is 0 Å². The van der Waals surface area contributed by atoms with Gasteiger partial charge in [-0.25, -0.2) is 13.2 Å². The van der Waals surface area contributed by atoms with Gasteiger partial charge in [0.05, 0.1) is 10.5 Å². The van der Waals surface area contributed by atoms with Crippen LogP contribution in [0.2, 0.25) is 5.02 Å². The molecule has 0 bridgehead atoms. The lowest BCUT2D eigenvalue weighted by Gasteiger charge is -2.32. The van der Waals surface area contributed by atoms with Crippen LogP contribution in [0, 0.1) is 5.92 Å². The first-order valence-electron chi connectivity index (χ1n) is 9.38. The van der Waals surface area contributed by atoms with Crippen LogP contribution >= 0.6 is 11.6 Å².